The quantitative estimate of drug-likeness (QED) is 0.674. The van der Waals surface area contributed by atoms with Crippen LogP contribution in [0.4, 0.5) is 23.7 Å². The van der Waals surface area contributed by atoms with Crippen molar-refractivity contribution in [2.45, 2.75) is 31.5 Å². The molecule has 132 valence electrons. The summed E-state index contributed by atoms with van der Waals surface area (Å²) in [7, 11) is 0. The largest absolute Gasteiger partial charge is 0.417 e. The second-order valence-electron chi connectivity index (χ2n) is 6.43. The van der Waals surface area contributed by atoms with Gasteiger partial charge in [-0.3, -0.25) is 4.79 Å². The van der Waals surface area contributed by atoms with Crippen molar-refractivity contribution >= 4 is 11.7 Å². The van der Waals surface area contributed by atoms with Crippen molar-refractivity contribution in [2.75, 3.05) is 11.9 Å². The fourth-order valence-corrected chi connectivity index (χ4v) is 3.95. The maximum atomic E-state index is 12.7. The molecule has 2 fully saturated rings. The zero-order valence-corrected chi connectivity index (χ0v) is 12.7. The zero-order valence-electron chi connectivity index (χ0n) is 12.7. The first-order valence-corrected chi connectivity index (χ1v) is 7.78. The Hall–Kier alpha value is -2.03. The van der Waals surface area contributed by atoms with Crippen LogP contribution in [0.5, 0.6) is 0 Å². The summed E-state index contributed by atoms with van der Waals surface area (Å²) in [6.45, 7) is -0.0454. The first-order valence-electron chi connectivity index (χ1n) is 7.78. The molecule has 6 nitrogen and oxygen atoms in total. The minimum Gasteiger partial charge on any atom is -0.396 e. The fraction of sp³-hybridized carbons (Fsp3) is 0.600. The van der Waals surface area contributed by atoms with Crippen LogP contribution in [0, 0.1) is 17.8 Å². The third-order valence-corrected chi connectivity index (χ3v) is 5.08. The van der Waals surface area contributed by atoms with Crippen LogP contribution in [0.3, 0.4) is 0 Å². The Balaban J connectivity index is 1.70. The first-order chi connectivity index (χ1) is 11.3. The van der Waals surface area contributed by atoms with Crippen LogP contribution in [-0.2, 0) is 6.18 Å². The lowest BCUT2D eigenvalue weighted by molar-refractivity contribution is -0.137. The topological polar surface area (TPSA) is 94.2 Å². The van der Waals surface area contributed by atoms with Gasteiger partial charge in [-0.1, -0.05) is 0 Å². The van der Waals surface area contributed by atoms with Crippen LogP contribution in [0.1, 0.15) is 24.8 Å². The predicted octanol–water partition coefficient (Wildman–Crippen LogP) is 1.92. The minimum atomic E-state index is -4.62. The highest BCUT2D eigenvalue weighted by atomic mass is 19.4. The lowest BCUT2D eigenvalue weighted by Gasteiger charge is -2.30. The number of hydrogen-bond donors (Lipinski definition) is 4. The summed E-state index contributed by atoms with van der Waals surface area (Å²) < 4.78 is 38.1. The van der Waals surface area contributed by atoms with Gasteiger partial charge in [0.1, 0.15) is 5.69 Å². The summed E-state index contributed by atoms with van der Waals surface area (Å²) in [5.41, 5.74) is -2.33. The van der Waals surface area contributed by atoms with Gasteiger partial charge >= 0.3 is 12.2 Å². The number of urea groups is 1. The van der Waals surface area contributed by atoms with Gasteiger partial charge in [-0.25, -0.2) is 4.79 Å². The highest BCUT2D eigenvalue weighted by Crippen LogP contribution is 2.48. The normalized spacial score (nSPS) is 28.8. The Bertz CT molecular complexity index is 689. The Kier molecular flexibility index (Phi) is 4.29. The number of anilines is 1. The maximum Gasteiger partial charge on any atom is 0.417 e. The van der Waals surface area contributed by atoms with Gasteiger partial charge in [0.2, 0.25) is 0 Å². The third kappa shape index (κ3) is 3.12. The number of aromatic nitrogens is 1. The molecule has 0 saturated heterocycles. The van der Waals surface area contributed by atoms with Crippen molar-refractivity contribution in [2.24, 2.45) is 17.8 Å². The number of rotatable bonds is 3. The maximum absolute atomic E-state index is 12.7. The van der Waals surface area contributed by atoms with Gasteiger partial charge in [0.25, 0.3) is 5.56 Å². The average Bonchev–Trinajstić information content (AvgIpc) is 3.09. The van der Waals surface area contributed by atoms with Crippen LogP contribution in [-0.4, -0.2) is 28.8 Å². The van der Waals surface area contributed by atoms with E-state index in [2.05, 4.69) is 10.6 Å². The van der Waals surface area contributed by atoms with Crippen LogP contribution >= 0.6 is 0 Å². The summed E-state index contributed by atoms with van der Waals surface area (Å²) in [6.07, 6.45) is -1.16. The second kappa shape index (κ2) is 6.12. The number of aliphatic hydroxyl groups is 1. The Labute approximate surface area is 135 Å². The van der Waals surface area contributed by atoms with E-state index in [1.54, 1.807) is 0 Å². The highest BCUT2D eigenvalue weighted by Gasteiger charge is 2.47. The number of alkyl halides is 3. The van der Waals surface area contributed by atoms with Crippen molar-refractivity contribution in [1.82, 2.24) is 10.3 Å². The molecule has 2 aliphatic carbocycles. The number of aromatic amines is 1. The van der Waals surface area contributed by atoms with Gasteiger partial charge in [0, 0.05) is 24.8 Å². The molecule has 2 saturated carbocycles. The molecular formula is C15H18F3N3O3. The molecule has 1 aromatic heterocycles. The fourth-order valence-electron chi connectivity index (χ4n) is 3.95. The molecule has 3 rings (SSSR count). The number of H-pyrrole nitrogens is 1. The molecule has 0 spiro atoms. The van der Waals surface area contributed by atoms with E-state index >= 15 is 0 Å². The monoisotopic (exact) mass is 345 g/mol. The molecule has 0 aliphatic heterocycles. The van der Waals surface area contributed by atoms with E-state index in [1.807, 2.05) is 4.98 Å². The summed E-state index contributed by atoms with van der Waals surface area (Å²) in [4.78, 5) is 25.7. The van der Waals surface area contributed by atoms with Crippen LogP contribution < -0.4 is 16.2 Å². The molecule has 2 amide bonds. The molecule has 1 heterocycles. The zero-order chi connectivity index (χ0) is 17.5. The number of halogens is 3. The molecule has 1 aromatic rings. The molecule has 2 aliphatic rings. The van der Waals surface area contributed by atoms with Crippen molar-refractivity contribution in [3.05, 3.63) is 28.2 Å². The lowest BCUT2D eigenvalue weighted by atomic mass is 9.85. The van der Waals surface area contributed by atoms with Crippen LogP contribution in [0.25, 0.3) is 0 Å². The number of carbonyl (C=O) groups is 1. The van der Waals surface area contributed by atoms with Gasteiger partial charge in [-0.15, -0.1) is 0 Å². The average molecular weight is 345 g/mol. The van der Waals surface area contributed by atoms with Gasteiger partial charge in [-0.05, 0) is 37.2 Å². The van der Waals surface area contributed by atoms with Crippen molar-refractivity contribution in [3.8, 4) is 0 Å². The Morgan fingerprint density at radius 3 is 2.71 bits per heavy atom. The number of pyridine rings is 1. The molecule has 4 unspecified atom stereocenters. The summed E-state index contributed by atoms with van der Waals surface area (Å²) in [5.74, 6) is 0.578. The molecule has 2 bridgehead atoms. The van der Waals surface area contributed by atoms with Gasteiger partial charge < -0.3 is 20.7 Å². The van der Waals surface area contributed by atoms with Gasteiger partial charge in [0.05, 0.1) is 5.56 Å². The Morgan fingerprint density at radius 2 is 2.04 bits per heavy atom. The molecule has 0 aromatic carbocycles. The van der Waals surface area contributed by atoms with Crippen molar-refractivity contribution in [3.63, 3.8) is 0 Å². The van der Waals surface area contributed by atoms with Gasteiger partial charge in [0.15, 0.2) is 0 Å². The van der Waals surface area contributed by atoms with Crippen molar-refractivity contribution in [1.29, 1.82) is 0 Å². The second-order valence-corrected chi connectivity index (χ2v) is 6.43. The molecule has 4 atom stereocenters. The molecule has 9 heteroatoms. The first kappa shape index (κ1) is 16.8. The number of aliphatic hydroxyl groups excluding tert-OH is 1. The molecular weight excluding hydrogens is 327 g/mol. The van der Waals surface area contributed by atoms with E-state index in [1.165, 1.54) is 0 Å². The standard InChI is InChI=1S/C15H18F3N3O3/c16-15(17,18)9-4-11(13(23)19-5-9)20-14(24)21-12-8-2-1-7(3-8)10(12)6-22/h4-5,7-8,10,12,22H,1-3,6H2,(H,19,23)(H2,20,21,24). The summed E-state index contributed by atoms with van der Waals surface area (Å²) >= 11 is 0. The number of carbonyl (C=O) groups excluding carboxylic acids is 1. The number of nitrogens with one attached hydrogen (secondary N) is 3. The van der Waals surface area contributed by atoms with E-state index in [-0.39, 0.29) is 24.5 Å². The smallest absolute Gasteiger partial charge is 0.396 e. The molecule has 24 heavy (non-hydrogen) atoms. The molecule has 4 N–H and O–H groups in total. The summed E-state index contributed by atoms with van der Waals surface area (Å²) in [5, 5.41) is 14.4. The van der Waals surface area contributed by atoms with E-state index in [0.29, 0.717) is 18.2 Å². The van der Waals surface area contributed by atoms with E-state index < -0.39 is 29.0 Å². The Morgan fingerprint density at radius 1 is 1.33 bits per heavy atom. The number of hydrogen-bond acceptors (Lipinski definition) is 3. The lowest BCUT2D eigenvalue weighted by Crippen LogP contribution is -2.47. The highest BCUT2D eigenvalue weighted by molar-refractivity contribution is 5.89. The SMILES string of the molecule is O=C(Nc1cc(C(F)(F)F)c[nH]c1=O)NC1C2CCC(C2)C1CO. The van der Waals surface area contributed by atoms with E-state index in [0.717, 1.165) is 19.3 Å². The number of amides is 2. The molecule has 0 radical (unpaired) electrons. The van der Waals surface area contributed by atoms with Gasteiger partial charge in [-0.2, -0.15) is 13.2 Å². The van der Waals surface area contributed by atoms with Crippen molar-refractivity contribution < 1.29 is 23.1 Å². The third-order valence-electron chi connectivity index (χ3n) is 5.08. The minimum absolute atomic E-state index is 0.0454. The van der Waals surface area contributed by atoms with E-state index in [4.69, 9.17) is 0 Å². The van der Waals surface area contributed by atoms with Crippen LogP contribution in [0.15, 0.2) is 17.1 Å². The number of fused-ring (bicyclic) bond motifs is 2. The predicted molar refractivity (Wildman–Crippen MR) is 79.4 cm³/mol. The van der Waals surface area contributed by atoms with E-state index in [9.17, 15) is 27.9 Å². The summed E-state index contributed by atoms with van der Waals surface area (Å²) in [6, 6.07) is -0.364. The van der Waals surface area contributed by atoms with Crippen LogP contribution in [0.2, 0.25) is 0 Å².